The van der Waals surface area contributed by atoms with Crippen LogP contribution in [-0.2, 0) is 0 Å². The van der Waals surface area contributed by atoms with Gasteiger partial charge in [-0.05, 0) is 23.0 Å². The molecule has 1 fully saturated rings. The van der Waals surface area contributed by atoms with Gasteiger partial charge in [-0.25, -0.2) is 9.97 Å². The minimum Gasteiger partial charge on any atom is -0.353 e. The zero-order valence-electron chi connectivity index (χ0n) is 8.45. The fourth-order valence-corrected chi connectivity index (χ4v) is 2.16. The molecule has 0 saturated carbocycles. The molecule has 0 N–H and O–H groups in total. The topological polar surface area (TPSA) is 32.3 Å². The van der Waals surface area contributed by atoms with Crippen molar-refractivity contribution in [2.75, 3.05) is 38.1 Å². The molecule has 0 amide bonds. The van der Waals surface area contributed by atoms with E-state index in [-0.39, 0.29) is 0 Å². The lowest BCUT2D eigenvalue weighted by Gasteiger charge is -2.33. The van der Waals surface area contributed by atoms with Crippen LogP contribution in [0, 0.1) is 0 Å². The van der Waals surface area contributed by atoms with Crippen molar-refractivity contribution < 1.29 is 0 Å². The summed E-state index contributed by atoms with van der Waals surface area (Å²) in [5, 5.41) is 0.471. The third-order valence-electron chi connectivity index (χ3n) is 2.53. The summed E-state index contributed by atoms with van der Waals surface area (Å²) in [6.45, 7) is 4.05. The molecule has 1 aliphatic rings. The Balaban J connectivity index is 2.19. The quantitative estimate of drug-likeness (QED) is 0.737. The predicted octanol–water partition coefficient (Wildman–Crippen LogP) is 1.64. The van der Waals surface area contributed by atoms with E-state index >= 15 is 0 Å². The average molecular weight is 292 g/mol. The first kappa shape index (κ1) is 11.1. The van der Waals surface area contributed by atoms with Gasteiger partial charge in [0.25, 0.3) is 0 Å². The molecule has 2 rings (SSSR count). The first-order valence-electron chi connectivity index (χ1n) is 4.78. The Hall–Kier alpha value is -0.390. The van der Waals surface area contributed by atoms with Crippen molar-refractivity contribution in [1.29, 1.82) is 0 Å². The molecule has 2 heterocycles. The minimum absolute atomic E-state index is 0.471. The SMILES string of the molecule is CN1CCN(c2ncnc(Cl)c2Br)CC1. The van der Waals surface area contributed by atoms with E-state index in [1.54, 1.807) is 0 Å². The second kappa shape index (κ2) is 4.63. The van der Waals surface area contributed by atoms with Crippen molar-refractivity contribution in [2.24, 2.45) is 0 Å². The Bertz CT molecular complexity index is 352. The maximum Gasteiger partial charge on any atom is 0.148 e. The molecule has 0 atom stereocenters. The lowest BCUT2D eigenvalue weighted by Crippen LogP contribution is -2.45. The van der Waals surface area contributed by atoms with Crippen LogP contribution in [0.4, 0.5) is 5.82 Å². The van der Waals surface area contributed by atoms with Gasteiger partial charge in [0.05, 0.1) is 4.47 Å². The highest BCUT2D eigenvalue weighted by molar-refractivity contribution is 9.10. The summed E-state index contributed by atoms with van der Waals surface area (Å²) in [6.07, 6.45) is 1.50. The fraction of sp³-hybridized carbons (Fsp3) is 0.556. The first-order valence-corrected chi connectivity index (χ1v) is 5.95. The Labute approximate surface area is 102 Å². The molecule has 0 aromatic carbocycles. The Morgan fingerprint density at radius 1 is 1.27 bits per heavy atom. The number of anilines is 1. The Morgan fingerprint density at radius 2 is 1.93 bits per heavy atom. The van der Waals surface area contributed by atoms with Crippen LogP contribution < -0.4 is 4.90 Å². The molecule has 0 radical (unpaired) electrons. The molecule has 6 heteroatoms. The van der Waals surface area contributed by atoms with Crippen LogP contribution in [0.2, 0.25) is 5.15 Å². The summed E-state index contributed by atoms with van der Waals surface area (Å²) < 4.78 is 0.788. The highest BCUT2D eigenvalue weighted by Gasteiger charge is 2.18. The van der Waals surface area contributed by atoms with Crippen molar-refractivity contribution in [1.82, 2.24) is 14.9 Å². The van der Waals surface area contributed by atoms with E-state index in [2.05, 4.69) is 42.7 Å². The number of hydrogen-bond acceptors (Lipinski definition) is 4. The molecule has 15 heavy (non-hydrogen) atoms. The third kappa shape index (κ3) is 2.41. The molecular weight excluding hydrogens is 279 g/mol. The Kier molecular flexibility index (Phi) is 3.43. The smallest absolute Gasteiger partial charge is 0.148 e. The van der Waals surface area contributed by atoms with Crippen LogP contribution in [0.1, 0.15) is 0 Å². The Morgan fingerprint density at radius 3 is 2.60 bits per heavy atom. The highest BCUT2D eigenvalue weighted by atomic mass is 79.9. The first-order chi connectivity index (χ1) is 7.18. The van der Waals surface area contributed by atoms with Gasteiger partial charge in [0.1, 0.15) is 17.3 Å². The van der Waals surface area contributed by atoms with E-state index in [1.165, 1.54) is 6.33 Å². The molecular formula is C9H12BrClN4. The van der Waals surface area contributed by atoms with Gasteiger partial charge in [-0.2, -0.15) is 0 Å². The third-order valence-corrected chi connectivity index (χ3v) is 3.78. The zero-order valence-corrected chi connectivity index (χ0v) is 10.8. The maximum absolute atomic E-state index is 5.93. The van der Waals surface area contributed by atoms with Crippen molar-refractivity contribution in [3.63, 3.8) is 0 Å². The van der Waals surface area contributed by atoms with E-state index < -0.39 is 0 Å². The van der Waals surface area contributed by atoms with Crippen LogP contribution in [0.15, 0.2) is 10.8 Å². The van der Waals surface area contributed by atoms with E-state index in [9.17, 15) is 0 Å². The molecule has 0 aliphatic carbocycles. The van der Waals surface area contributed by atoms with Crippen LogP contribution in [0.5, 0.6) is 0 Å². The lowest BCUT2D eigenvalue weighted by molar-refractivity contribution is 0.312. The summed E-state index contributed by atoms with van der Waals surface area (Å²) in [6, 6.07) is 0. The van der Waals surface area contributed by atoms with E-state index in [0.29, 0.717) is 5.15 Å². The number of likely N-dealkylation sites (N-methyl/N-ethyl adjacent to an activating group) is 1. The second-order valence-electron chi connectivity index (χ2n) is 3.59. The largest absolute Gasteiger partial charge is 0.353 e. The monoisotopic (exact) mass is 290 g/mol. The molecule has 1 aliphatic heterocycles. The van der Waals surface area contributed by atoms with Gasteiger partial charge >= 0.3 is 0 Å². The van der Waals surface area contributed by atoms with Crippen LogP contribution >= 0.6 is 27.5 Å². The predicted molar refractivity (Wildman–Crippen MR) is 64.5 cm³/mol. The number of hydrogen-bond donors (Lipinski definition) is 0. The average Bonchev–Trinajstić information content (AvgIpc) is 2.24. The molecule has 0 unspecified atom stereocenters. The van der Waals surface area contributed by atoms with Gasteiger partial charge in [0.2, 0.25) is 0 Å². The second-order valence-corrected chi connectivity index (χ2v) is 4.74. The standard InChI is InChI=1S/C9H12BrClN4/c1-14-2-4-15(5-3-14)9-7(10)8(11)12-6-13-9/h6H,2-5H2,1H3. The summed E-state index contributed by atoms with van der Waals surface area (Å²) in [5.74, 6) is 0.892. The van der Waals surface area contributed by atoms with Crippen molar-refractivity contribution in [3.05, 3.63) is 16.0 Å². The minimum atomic E-state index is 0.471. The van der Waals surface area contributed by atoms with E-state index in [0.717, 1.165) is 36.5 Å². The summed E-state index contributed by atoms with van der Waals surface area (Å²) >= 11 is 9.35. The fourth-order valence-electron chi connectivity index (χ4n) is 1.58. The van der Waals surface area contributed by atoms with Gasteiger partial charge in [0.15, 0.2) is 0 Å². The van der Waals surface area contributed by atoms with Gasteiger partial charge in [-0.3, -0.25) is 0 Å². The normalized spacial score (nSPS) is 18.2. The molecule has 0 spiro atoms. The number of piperazine rings is 1. The highest BCUT2D eigenvalue weighted by Crippen LogP contribution is 2.29. The van der Waals surface area contributed by atoms with Crippen LogP contribution in [-0.4, -0.2) is 48.1 Å². The zero-order chi connectivity index (χ0) is 10.8. The van der Waals surface area contributed by atoms with Crippen LogP contribution in [0.3, 0.4) is 0 Å². The summed E-state index contributed by atoms with van der Waals surface area (Å²) in [5.41, 5.74) is 0. The van der Waals surface area contributed by atoms with Gasteiger partial charge in [-0.1, -0.05) is 11.6 Å². The van der Waals surface area contributed by atoms with Gasteiger partial charge in [-0.15, -0.1) is 0 Å². The molecule has 1 aromatic rings. The summed E-state index contributed by atoms with van der Waals surface area (Å²) in [4.78, 5) is 12.7. The number of aromatic nitrogens is 2. The van der Waals surface area contributed by atoms with Crippen molar-refractivity contribution in [2.45, 2.75) is 0 Å². The molecule has 1 saturated heterocycles. The summed E-state index contributed by atoms with van der Waals surface area (Å²) in [7, 11) is 2.12. The molecule has 82 valence electrons. The maximum atomic E-state index is 5.93. The number of halogens is 2. The molecule has 0 bridgehead atoms. The van der Waals surface area contributed by atoms with E-state index in [4.69, 9.17) is 11.6 Å². The van der Waals surface area contributed by atoms with Crippen molar-refractivity contribution >= 4 is 33.3 Å². The number of nitrogens with zero attached hydrogens (tertiary/aromatic N) is 4. The lowest BCUT2D eigenvalue weighted by atomic mass is 10.3. The van der Waals surface area contributed by atoms with Crippen LogP contribution in [0.25, 0.3) is 0 Å². The van der Waals surface area contributed by atoms with E-state index in [1.807, 2.05) is 0 Å². The number of rotatable bonds is 1. The van der Waals surface area contributed by atoms with Gasteiger partial charge in [0, 0.05) is 26.2 Å². The molecule has 4 nitrogen and oxygen atoms in total. The van der Waals surface area contributed by atoms with Gasteiger partial charge < -0.3 is 9.80 Å². The van der Waals surface area contributed by atoms with Crippen molar-refractivity contribution in [3.8, 4) is 0 Å². The molecule has 1 aromatic heterocycles.